The fourth-order valence-corrected chi connectivity index (χ4v) is 6.89. The summed E-state index contributed by atoms with van der Waals surface area (Å²) < 4.78 is 41.7. The Balaban J connectivity index is 1.33. The Morgan fingerprint density at radius 2 is 1.97 bits per heavy atom. The lowest BCUT2D eigenvalue weighted by atomic mass is 9.63. The summed E-state index contributed by atoms with van der Waals surface area (Å²) in [4.78, 5) is 2.16. The summed E-state index contributed by atoms with van der Waals surface area (Å²) >= 11 is 0. The number of nitrogens with zero attached hydrogens (tertiary/aromatic N) is 1. The normalized spacial score (nSPS) is 40.0. The second-order valence-corrected chi connectivity index (χ2v) is 10.6. The smallest absolute Gasteiger partial charge is 0.393 e. The van der Waals surface area contributed by atoms with E-state index in [0.29, 0.717) is 36.8 Å². The minimum Gasteiger partial charge on any atom is -0.393 e. The molecule has 0 aromatic carbocycles. The molecule has 0 radical (unpaired) electrons. The minimum absolute atomic E-state index is 0.169. The van der Waals surface area contributed by atoms with Crippen LogP contribution in [-0.4, -0.2) is 48.2 Å². The van der Waals surface area contributed by atoms with E-state index < -0.39 is 12.5 Å². The van der Waals surface area contributed by atoms with Gasteiger partial charge in [0.1, 0.15) is 0 Å². The molecule has 4 rings (SSSR count). The lowest BCUT2D eigenvalue weighted by Gasteiger charge is -2.43. The van der Waals surface area contributed by atoms with E-state index in [-0.39, 0.29) is 6.10 Å². The first kappa shape index (κ1) is 23.3. The number of rotatable bonds is 5. The monoisotopic (exact) mass is 441 g/mol. The van der Waals surface area contributed by atoms with E-state index in [1.807, 2.05) is 0 Å². The second kappa shape index (κ2) is 9.56. The van der Waals surface area contributed by atoms with Gasteiger partial charge >= 0.3 is 6.36 Å². The van der Waals surface area contributed by atoms with Crippen LogP contribution in [-0.2, 0) is 4.74 Å². The van der Waals surface area contributed by atoms with Crippen LogP contribution in [0.5, 0.6) is 0 Å². The third-order valence-corrected chi connectivity index (χ3v) is 8.55. The van der Waals surface area contributed by atoms with Crippen molar-refractivity contribution in [1.29, 1.82) is 0 Å². The number of alkyl halides is 3. The molecule has 5 atom stereocenters. The molecule has 1 N–H and O–H groups in total. The molecule has 0 aromatic heterocycles. The van der Waals surface area contributed by atoms with Gasteiger partial charge in [0.25, 0.3) is 0 Å². The predicted molar refractivity (Wildman–Crippen MR) is 115 cm³/mol. The molecule has 3 saturated carbocycles. The zero-order chi connectivity index (χ0) is 22.1. The van der Waals surface area contributed by atoms with Gasteiger partial charge in [-0.2, -0.15) is 0 Å². The van der Waals surface area contributed by atoms with Gasteiger partial charge in [0, 0.05) is 13.1 Å². The van der Waals surface area contributed by atoms with Crippen molar-refractivity contribution >= 4 is 0 Å². The first-order chi connectivity index (χ1) is 14.7. The SMILES string of the molecule is CC12CCC/C(=C\C=C3\CCCC(O)C3)C1CC[C@@H]2CCN1CCC(OC(F)(F)F)C1. The molecule has 0 amide bonds. The van der Waals surface area contributed by atoms with E-state index in [1.54, 1.807) is 5.57 Å². The Morgan fingerprint density at radius 3 is 2.74 bits per heavy atom. The maximum absolute atomic E-state index is 12.5. The number of aliphatic hydroxyl groups is 1. The van der Waals surface area contributed by atoms with Gasteiger partial charge in [-0.1, -0.05) is 30.2 Å². The van der Waals surface area contributed by atoms with Crippen molar-refractivity contribution in [2.24, 2.45) is 17.3 Å². The van der Waals surface area contributed by atoms with Gasteiger partial charge in [-0.15, -0.1) is 13.2 Å². The van der Waals surface area contributed by atoms with Crippen LogP contribution in [0.1, 0.15) is 77.6 Å². The molecular weight excluding hydrogens is 403 g/mol. The largest absolute Gasteiger partial charge is 0.522 e. The molecule has 6 heteroatoms. The summed E-state index contributed by atoms with van der Waals surface area (Å²) in [5, 5.41) is 9.93. The average Bonchev–Trinajstić information content (AvgIpc) is 3.27. The zero-order valence-corrected chi connectivity index (χ0v) is 18.8. The van der Waals surface area contributed by atoms with Gasteiger partial charge in [-0.25, -0.2) is 0 Å². The lowest BCUT2D eigenvalue weighted by molar-refractivity contribution is -0.340. The standard InChI is InChI=1S/C25H38F3NO2/c1-24-13-3-5-19(8-7-18-4-2-6-21(30)16-18)23(24)10-9-20(24)11-14-29-15-12-22(17-29)31-25(26,27)28/h7-8,20-23,30H,2-6,9-17H2,1H3/b18-7-,19-8+/t20-,21?,22?,23?,24?/m1/s1. The Kier molecular flexibility index (Phi) is 7.19. The number of hydrogen-bond donors (Lipinski definition) is 1. The zero-order valence-electron chi connectivity index (χ0n) is 18.8. The maximum Gasteiger partial charge on any atom is 0.522 e. The van der Waals surface area contributed by atoms with Crippen molar-refractivity contribution in [3.05, 3.63) is 23.3 Å². The summed E-state index contributed by atoms with van der Waals surface area (Å²) in [6.07, 6.45) is 10.9. The summed E-state index contributed by atoms with van der Waals surface area (Å²) in [7, 11) is 0. The third kappa shape index (κ3) is 5.75. The highest BCUT2D eigenvalue weighted by Gasteiger charge is 2.49. The summed E-state index contributed by atoms with van der Waals surface area (Å²) in [6.45, 7) is 4.44. The van der Waals surface area contributed by atoms with Gasteiger partial charge < -0.3 is 10.0 Å². The van der Waals surface area contributed by atoms with E-state index >= 15 is 0 Å². The molecule has 0 aromatic rings. The number of hydrogen-bond acceptors (Lipinski definition) is 3. The molecule has 0 bridgehead atoms. The topological polar surface area (TPSA) is 32.7 Å². The van der Waals surface area contributed by atoms with Crippen molar-refractivity contribution in [3.63, 3.8) is 0 Å². The Bertz CT molecular complexity index is 689. The highest BCUT2D eigenvalue weighted by Crippen LogP contribution is 2.58. The molecule has 0 spiro atoms. The van der Waals surface area contributed by atoms with Crippen LogP contribution in [0.15, 0.2) is 23.3 Å². The van der Waals surface area contributed by atoms with E-state index in [1.165, 1.54) is 37.7 Å². The summed E-state index contributed by atoms with van der Waals surface area (Å²) in [5.74, 6) is 1.28. The number of ether oxygens (including phenoxy) is 1. The third-order valence-electron chi connectivity index (χ3n) is 8.55. The van der Waals surface area contributed by atoms with Crippen molar-refractivity contribution in [2.75, 3.05) is 19.6 Å². The van der Waals surface area contributed by atoms with Crippen LogP contribution in [0.3, 0.4) is 0 Å². The van der Waals surface area contributed by atoms with Crippen LogP contribution in [0.25, 0.3) is 0 Å². The van der Waals surface area contributed by atoms with Crippen LogP contribution in [0.2, 0.25) is 0 Å². The molecule has 1 saturated heterocycles. The van der Waals surface area contributed by atoms with Crippen molar-refractivity contribution in [3.8, 4) is 0 Å². The molecule has 4 unspecified atom stereocenters. The Morgan fingerprint density at radius 1 is 1.13 bits per heavy atom. The molecule has 1 aliphatic heterocycles. The number of likely N-dealkylation sites (tertiary alicyclic amines) is 1. The van der Waals surface area contributed by atoms with Crippen LogP contribution in [0.4, 0.5) is 13.2 Å². The molecule has 176 valence electrons. The number of fused-ring (bicyclic) bond motifs is 1. The first-order valence-corrected chi connectivity index (χ1v) is 12.3. The molecule has 3 nitrogen and oxygen atoms in total. The minimum atomic E-state index is -4.53. The molecule has 3 aliphatic carbocycles. The number of allylic oxidation sites excluding steroid dienone is 3. The van der Waals surface area contributed by atoms with Gasteiger partial charge in [0.2, 0.25) is 0 Å². The van der Waals surface area contributed by atoms with Crippen molar-refractivity contribution in [2.45, 2.75) is 96.1 Å². The van der Waals surface area contributed by atoms with Gasteiger partial charge in [0.15, 0.2) is 0 Å². The van der Waals surface area contributed by atoms with Crippen LogP contribution in [0, 0.1) is 17.3 Å². The van der Waals surface area contributed by atoms with Gasteiger partial charge in [-0.3, -0.25) is 4.74 Å². The average molecular weight is 442 g/mol. The highest BCUT2D eigenvalue weighted by atomic mass is 19.4. The summed E-state index contributed by atoms with van der Waals surface area (Å²) in [5.41, 5.74) is 3.29. The highest BCUT2D eigenvalue weighted by molar-refractivity contribution is 5.25. The quantitative estimate of drug-likeness (QED) is 0.569. The fourth-order valence-electron chi connectivity index (χ4n) is 6.89. The van der Waals surface area contributed by atoms with Gasteiger partial charge in [-0.05, 0) is 94.4 Å². The van der Waals surface area contributed by atoms with E-state index in [0.717, 1.165) is 38.6 Å². The van der Waals surface area contributed by atoms with Crippen LogP contribution >= 0.6 is 0 Å². The Hall–Kier alpha value is -0.850. The van der Waals surface area contributed by atoms with E-state index in [4.69, 9.17) is 0 Å². The predicted octanol–water partition coefficient (Wildman–Crippen LogP) is 5.99. The Labute approximate surface area is 184 Å². The number of halogens is 3. The molecule has 4 aliphatic rings. The van der Waals surface area contributed by atoms with Gasteiger partial charge in [0.05, 0.1) is 12.2 Å². The van der Waals surface area contributed by atoms with Crippen molar-refractivity contribution in [1.82, 2.24) is 4.90 Å². The molecular formula is C25H38F3NO2. The molecule has 31 heavy (non-hydrogen) atoms. The lowest BCUT2D eigenvalue weighted by Crippen LogP contribution is -2.35. The summed E-state index contributed by atoms with van der Waals surface area (Å²) in [6, 6.07) is 0. The molecule has 4 fully saturated rings. The fraction of sp³-hybridized carbons (Fsp3) is 0.840. The van der Waals surface area contributed by atoms with Crippen molar-refractivity contribution < 1.29 is 23.0 Å². The molecule has 1 heterocycles. The van der Waals surface area contributed by atoms with Crippen LogP contribution < -0.4 is 0 Å². The first-order valence-electron chi connectivity index (χ1n) is 12.3. The second-order valence-electron chi connectivity index (χ2n) is 10.6. The number of aliphatic hydroxyl groups excluding tert-OH is 1. The maximum atomic E-state index is 12.5. The van der Waals surface area contributed by atoms with E-state index in [2.05, 4.69) is 28.7 Å². The van der Waals surface area contributed by atoms with E-state index in [9.17, 15) is 18.3 Å².